The lowest BCUT2D eigenvalue weighted by atomic mass is 10.3. The van der Waals surface area contributed by atoms with E-state index in [9.17, 15) is 4.79 Å². The van der Waals surface area contributed by atoms with Crippen LogP contribution in [0.2, 0.25) is 5.02 Å². The van der Waals surface area contributed by atoms with Gasteiger partial charge in [-0.2, -0.15) is 0 Å². The molecule has 0 fully saturated rings. The summed E-state index contributed by atoms with van der Waals surface area (Å²) in [6.45, 7) is 4.49. The zero-order valence-electron chi connectivity index (χ0n) is 9.89. The van der Waals surface area contributed by atoms with Crippen LogP contribution in [0.4, 0.5) is 5.69 Å². The Morgan fingerprint density at radius 1 is 1.47 bits per heavy atom. The van der Waals surface area contributed by atoms with E-state index < -0.39 is 0 Å². The molecule has 1 aromatic carbocycles. The second-order valence-corrected chi connectivity index (χ2v) is 5.31. The molecule has 0 atom stereocenters. The number of amides is 1. The average Bonchev–Trinajstić information content (AvgIpc) is 2.20. The highest BCUT2D eigenvalue weighted by Gasteiger charge is 2.04. The summed E-state index contributed by atoms with van der Waals surface area (Å²) in [7, 11) is 0. The van der Waals surface area contributed by atoms with Crippen molar-refractivity contribution in [3.05, 3.63) is 27.7 Å². The van der Waals surface area contributed by atoms with Crippen molar-refractivity contribution in [1.82, 2.24) is 5.32 Å². The molecule has 1 aromatic rings. The third-order valence-electron chi connectivity index (χ3n) is 2.05. The van der Waals surface area contributed by atoms with Gasteiger partial charge < -0.3 is 10.6 Å². The van der Waals surface area contributed by atoms with Gasteiger partial charge in [-0.3, -0.25) is 4.79 Å². The van der Waals surface area contributed by atoms with Crippen molar-refractivity contribution in [3.8, 4) is 0 Å². The zero-order valence-corrected chi connectivity index (χ0v) is 12.2. The van der Waals surface area contributed by atoms with Crippen molar-refractivity contribution < 1.29 is 4.79 Å². The lowest BCUT2D eigenvalue weighted by Crippen LogP contribution is -2.31. The van der Waals surface area contributed by atoms with Crippen molar-refractivity contribution in [2.45, 2.75) is 26.3 Å². The second kappa shape index (κ2) is 6.87. The van der Waals surface area contributed by atoms with Crippen molar-refractivity contribution in [2.75, 3.05) is 11.9 Å². The van der Waals surface area contributed by atoms with E-state index >= 15 is 0 Å². The first kappa shape index (κ1) is 14.3. The highest BCUT2D eigenvalue weighted by atomic mass is 79.9. The van der Waals surface area contributed by atoms with Crippen LogP contribution in [0.3, 0.4) is 0 Å². The van der Waals surface area contributed by atoms with E-state index in [1.807, 2.05) is 32.0 Å². The quantitative estimate of drug-likeness (QED) is 0.873. The van der Waals surface area contributed by atoms with Gasteiger partial charge in [0.25, 0.3) is 0 Å². The molecule has 0 aliphatic rings. The van der Waals surface area contributed by atoms with E-state index in [-0.39, 0.29) is 11.9 Å². The number of benzene rings is 1. The molecule has 2 N–H and O–H groups in total. The van der Waals surface area contributed by atoms with Crippen LogP contribution >= 0.6 is 27.5 Å². The summed E-state index contributed by atoms with van der Waals surface area (Å²) in [6, 6.07) is 5.69. The number of hydrogen-bond donors (Lipinski definition) is 2. The molecular weight excluding hydrogens is 304 g/mol. The van der Waals surface area contributed by atoms with E-state index in [4.69, 9.17) is 11.6 Å². The Kier molecular flexibility index (Phi) is 5.78. The van der Waals surface area contributed by atoms with Gasteiger partial charge in [0, 0.05) is 34.2 Å². The van der Waals surface area contributed by atoms with E-state index in [1.165, 1.54) is 0 Å². The first-order valence-electron chi connectivity index (χ1n) is 5.47. The molecule has 0 radical (unpaired) electrons. The van der Waals surface area contributed by atoms with E-state index in [0.29, 0.717) is 18.0 Å². The van der Waals surface area contributed by atoms with E-state index in [2.05, 4.69) is 26.6 Å². The third-order valence-corrected chi connectivity index (χ3v) is 2.94. The predicted octanol–water partition coefficient (Wildman–Crippen LogP) is 3.43. The van der Waals surface area contributed by atoms with Crippen molar-refractivity contribution >= 4 is 39.1 Å². The van der Waals surface area contributed by atoms with Crippen molar-refractivity contribution in [3.63, 3.8) is 0 Å². The van der Waals surface area contributed by atoms with Crippen LogP contribution in [0.1, 0.15) is 20.3 Å². The maximum absolute atomic E-state index is 11.4. The minimum absolute atomic E-state index is 0.0533. The monoisotopic (exact) mass is 318 g/mol. The van der Waals surface area contributed by atoms with Gasteiger partial charge in [0.05, 0.1) is 0 Å². The van der Waals surface area contributed by atoms with Crippen LogP contribution in [0, 0.1) is 0 Å². The van der Waals surface area contributed by atoms with Gasteiger partial charge in [-0.15, -0.1) is 0 Å². The van der Waals surface area contributed by atoms with Crippen LogP contribution < -0.4 is 10.6 Å². The summed E-state index contributed by atoms with van der Waals surface area (Å²) in [5.41, 5.74) is 0.937. The lowest BCUT2D eigenvalue weighted by molar-refractivity contribution is -0.121. The van der Waals surface area contributed by atoms with Gasteiger partial charge in [0.1, 0.15) is 0 Å². The normalized spacial score (nSPS) is 10.4. The molecule has 0 saturated carbocycles. The Bertz CT molecular complexity index is 396. The lowest BCUT2D eigenvalue weighted by Gasteiger charge is -2.10. The highest BCUT2D eigenvalue weighted by molar-refractivity contribution is 9.10. The first-order valence-corrected chi connectivity index (χ1v) is 6.64. The fraction of sp³-hybridized carbons (Fsp3) is 0.417. The molecule has 3 nitrogen and oxygen atoms in total. The average molecular weight is 320 g/mol. The Hall–Kier alpha value is -0.740. The Labute approximate surface area is 115 Å². The summed E-state index contributed by atoms with van der Waals surface area (Å²) in [4.78, 5) is 11.4. The van der Waals surface area contributed by atoms with Crippen LogP contribution in [-0.2, 0) is 4.79 Å². The molecule has 1 rings (SSSR count). The third kappa shape index (κ3) is 5.41. The molecule has 1 amide bonds. The minimum atomic E-state index is 0.0533. The maximum Gasteiger partial charge on any atom is 0.221 e. The number of anilines is 1. The molecule has 0 unspecified atom stereocenters. The molecule has 0 aliphatic carbocycles. The van der Waals surface area contributed by atoms with Crippen LogP contribution in [0.25, 0.3) is 0 Å². The van der Waals surface area contributed by atoms with E-state index in [1.54, 1.807) is 0 Å². The zero-order chi connectivity index (χ0) is 12.8. The Balaban J connectivity index is 2.38. The van der Waals surface area contributed by atoms with E-state index in [0.717, 1.165) is 10.2 Å². The summed E-state index contributed by atoms with van der Waals surface area (Å²) in [6.07, 6.45) is 0.452. The van der Waals surface area contributed by atoms with Gasteiger partial charge in [-0.25, -0.2) is 0 Å². The van der Waals surface area contributed by atoms with Gasteiger partial charge in [-0.1, -0.05) is 11.6 Å². The summed E-state index contributed by atoms with van der Waals surface area (Å²) >= 11 is 9.24. The van der Waals surface area contributed by atoms with Crippen LogP contribution in [0.5, 0.6) is 0 Å². The van der Waals surface area contributed by atoms with Gasteiger partial charge in [0.2, 0.25) is 5.91 Å². The molecule has 0 heterocycles. The minimum Gasteiger partial charge on any atom is -0.384 e. The van der Waals surface area contributed by atoms with Gasteiger partial charge >= 0.3 is 0 Å². The van der Waals surface area contributed by atoms with Crippen molar-refractivity contribution in [2.24, 2.45) is 0 Å². The molecule has 94 valence electrons. The molecule has 0 saturated heterocycles. The maximum atomic E-state index is 11.4. The molecule has 17 heavy (non-hydrogen) atoms. The summed E-state index contributed by atoms with van der Waals surface area (Å²) in [5.74, 6) is 0.0533. The molecule has 0 spiro atoms. The highest BCUT2D eigenvalue weighted by Crippen LogP contribution is 2.25. The largest absolute Gasteiger partial charge is 0.384 e. The first-order chi connectivity index (χ1) is 7.99. The molecule has 0 bridgehead atoms. The van der Waals surface area contributed by atoms with Crippen molar-refractivity contribution in [1.29, 1.82) is 0 Å². The number of halogens is 2. The topological polar surface area (TPSA) is 41.1 Å². The smallest absolute Gasteiger partial charge is 0.221 e. The standard InChI is InChI=1S/C12H16BrClN2O/c1-8(2)16-12(17)5-6-15-11-4-3-9(14)7-10(11)13/h3-4,7-8,15H,5-6H2,1-2H3,(H,16,17). The molecule has 5 heteroatoms. The van der Waals surface area contributed by atoms with Crippen LogP contribution in [-0.4, -0.2) is 18.5 Å². The summed E-state index contributed by atoms with van der Waals surface area (Å²) < 4.78 is 0.897. The predicted molar refractivity (Wildman–Crippen MR) is 75.5 cm³/mol. The number of rotatable bonds is 5. The van der Waals surface area contributed by atoms with Gasteiger partial charge in [0.15, 0.2) is 0 Å². The summed E-state index contributed by atoms with van der Waals surface area (Å²) in [5, 5.41) is 6.70. The van der Waals surface area contributed by atoms with Crippen LogP contribution in [0.15, 0.2) is 22.7 Å². The number of carbonyl (C=O) groups is 1. The number of nitrogens with one attached hydrogen (secondary N) is 2. The number of hydrogen-bond acceptors (Lipinski definition) is 2. The second-order valence-electron chi connectivity index (χ2n) is 4.02. The fourth-order valence-corrected chi connectivity index (χ4v) is 2.16. The molecule has 0 aliphatic heterocycles. The number of carbonyl (C=O) groups excluding carboxylic acids is 1. The van der Waals surface area contributed by atoms with Gasteiger partial charge in [-0.05, 0) is 48.0 Å². The Morgan fingerprint density at radius 3 is 2.76 bits per heavy atom. The molecular formula is C12H16BrClN2O. The fourth-order valence-electron chi connectivity index (χ4n) is 1.34. The molecule has 0 aromatic heterocycles. The SMILES string of the molecule is CC(C)NC(=O)CCNc1ccc(Cl)cc1Br. The Morgan fingerprint density at radius 2 is 2.18 bits per heavy atom.